The Kier molecular flexibility index (Phi) is 4.66. The van der Waals surface area contributed by atoms with Crippen LogP contribution in [0.3, 0.4) is 0 Å². The SMILES string of the molecule is Cc1cnc2n(c1=O)C(CC(=O)Nc1ccc(Cl)c(Cl)c1)CS2. The first kappa shape index (κ1) is 16.4. The Morgan fingerprint density at radius 1 is 1.43 bits per heavy atom. The van der Waals surface area contributed by atoms with Crippen LogP contribution >= 0.6 is 35.0 Å². The minimum atomic E-state index is -0.197. The third-order valence-electron chi connectivity index (χ3n) is 3.53. The minimum absolute atomic E-state index is 0.0904. The van der Waals surface area contributed by atoms with Crippen molar-refractivity contribution >= 4 is 46.6 Å². The van der Waals surface area contributed by atoms with Crippen LogP contribution in [0.2, 0.25) is 10.0 Å². The summed E-state index contributed by atoms with van der Waals surface area (Å²) >= 11 is 13.3. The van der Waals surface area contributed by atoms with Crippen LogP contribution in [0.25, 0.3) is 0 Å². The maximum absolute atomic E-state index is 12.2. The molecule has 1 aromatic heterocycles. The van der Waals surface area contributed by atoms with Crippen molar-refractivity contribution in [2.24, 2.45) is 0 Å². The number of thioether (sulfide) groups is 1. The van der Waals surface area contributed by atoms with E-state index in [-0.39, 0.29) is 23.9 Å². The molecule has 1 N–H and O–H groups in total. The van der Waals surface area contributed by atoms with Crippen molar-refractivity contribution < 1.29 is 4.79 Å². The standard InChI is InChI=1S/C15H13Cl2N3O2S/c1-8-6-18-15-20(14(8)22)10(7-23-15)5-13(21)19-9-2-3-11(16)12(17)4-9/h2-4,6,10H,5,7H2,1H3,(H,19,21). The molecular weight excluding hydrogens is 357 g/mol. The van der Waals surface area contributed by atoms with Crippen LogP contribution in [0.5, 0.6) is 0 Å². The number of carbonyl (C=O) groups excluding carboxylic acids is 1. The fourth-order valence-corrected chi connectivity index (χ4v) is 3.78. The molecule has 0 spiro atoms. The second-order valence-electron chi connectivity index (χ2n) is 5.24. The van der Waals surface area contributed by atoms with Gasteiger partial charge >= 0.3 is 0 Å². The molecule has 5 nitrogen and oxygen atoms in total. The average molecular weight is 370 g/mol. The lowest BCUT2D eigenvalue weighted by atomic mass is 10.2. The summed E-state index contributed by atoms with van der Waals surface area (Å²) in [7, 11) is 0. The molecule has 0 bridgehead atoms. The van der Waals surface area contributed by atoms with Gasteiger partial charge in [-0.3, -0.25) is 14.2 Å². The monoisotopic (exact) mass is 369 g/mol. The van der Waals surface area contributed by atoms with Crippen molar-refractivity contribution in [3.63, 3.8) is 0 Å². The van der Waals surface area contributed by atoms with E-state index in [0.717, 1.165) is 0 Å². The molecule has 120 valence electrons. The lowest BCUT2D eigenvalue weighted by Crippen LogP contribution is -2.28. The summed E-state index contributed by atoms with van der Waals surface area (Å²) < 4.78 is 1.61. The molecule has 3 rings (SSSR count). The predicted octanol–water partition coefficient (Wildman–Crippen LogP) is 3.53. The van der Waals surface area contributed by atoms with Crippen molar-refractivity contribution in [3.05, 3.63) is 50.4 Å². The second kappa shape index (κ2) is 6.55. The maximum atomic E-state index is 12.2. The molecule has 0 saturated heterocycles. The molecule has 1 aromatic carbocycles. The Hall–Kier alpha value is -1.50. The highest BCUT2D eigenvalue weighted by atomic mass is 35.5. The van der Waals surface area contributed by atoms with Crippen LogP contribution < -0.4 is 10.9 Å². The summed E-state index contributed by atoms with van der Waals surface area (Å²) in [6, 6.07) is 4.70. The van der Waals surface area contributed by atoms with Crippen molar-refractivity contribution in [2.45, 2.75) is 24.5 Å². The van der Waals surface area contributed by atoms with Crippen LogP contribution in [0.15, 0.2) is 34.3 Å². The Labute approximate surface area is 147 Å². The van der Waals surface area contributed by atoms with Gasteiger partial charge < -0.3 is 5.32 Å². The van der Waals surface area contributed by atoms with Gasteiger partial charge in [0.25, 0.3) is 5.56 Å². The van der Waals surface area contributed by atoms with E-state index >= 15 is 0 Å². The van der Waals surface area contributed by atoms with Gasteiger partial charge in [0.1, 0.15) is 0 Å². The van der Waals surface area contributed by atoms with Gasteiger partial charge in [0.2, 0.25) is 5.91 Å². The normalized spacial score (nSPS) is 16.2. The van der Waals surface area contributed by atoms with Gasteiger partial charge in [-0.15, -0.1) is 0 Å². The number of fused-ring (bicyclic) bond motifs is 1. The highest BCUT2D eigenvalue weighted by molar-refractivity contribution is 7.99. The third kappa shape index (κ3) is 3.39. The molecule has 1 atom stereocenters. The first-order chi connectivity index (χ1) is 11.0. The molecule has 2 heterocycles. The molecule has 1 aliphatic rings. The van der Waals surface area contributed by atoms with Crippen LogP contribution in [0.4, 0.5) is 5.69 Å². The quantitative estimate of drug-likeness (QED) is 0.840. The zero-order valence-corrected chi connectivity index (χ0v) is 14.5. The number of hydrogen-bond donors (Lipinski definition) is 1. The summed E-state index contributed by atoms with van der Waals surface area (Å²) in [5.74, 6) is 0.468. The number of halogens is 2. The molecular formula is C15H13Cl2N3O2S. The summed E-state index contributed by atoms with van der Waals surface area (Å²) in [5.41, 5.74) is 1.06. The van der Waals surface area contributed by atoms with Gasteiger partial charge in [0.15, 0.2) is 5.16 Å². The number of carbonyl (C=O) groups is 1. The summed E-state index contributed by atoms with van der Waals surface area (Å²) in [6.07, 6.45) is 1.77. The summed E-state index contributed by atoms with van der Waals surface area (Å²) in [5, 5.41) is 4.24. The summed E-state index contributed by atoms with van der Waals surface area (Å²) in [4.78, 5) is 28.7. The van der Waals surface area contributed by atoms with E-state index in [1.807, 2.05) is 0 Å². The number of nitrogens with zero attached hydrogens (tertiary/aromatic N) is 2. The van der Waals surface area contributed by atoms with Crippen molar-refractivity contribution in [2.75, 3.05) is 11.1 Å². The molecule has 0 fully saturated rings. The smallest absolute Gasteiger partial charge is 0.257 e. The van der Waals surface area contributed by atoms with Crippen molar-refractivity contribution in [1.29, 1.82) is 0 Å². The number of rotatable bonds is 3. The first-order valence-electron chi connectivity index (χ1n) is 6.91. The fourth-order valence-electron chi connectivity index (χ4n) is 2.37. The molecule has 2 aromatic rings. The lowest BCUT2D eigenvalue weighted by Gasteiger charge is -2.13. The maximum Gasteiger partial charge on any atom is 0.257 e. The van der Waals surface area contributed by atoms with Crippen molar-refractivity contribution in [1.82, 2.24) is 9.55 Å². The van der Waals surface area contributed by atoms with E-state index < -0.39 is 0 Å². The van der Waals surface area contributed by atoms with E-state index in [9.17, 15) is 9.59 Å². The second-order valence-corrected chi connectivity index (χ2v) is 7.05. The zero-order valence-electron chi connectivity index (χ0n) is 12.2. The van der Waals surface area contributed by atoms with Gasteiger partial charge in [-0.05, 0) is 25.1 Å². The minimum Gasteiger partial charge on any atom is -0.326 e. The zero-order chi connectivity index (χ0) is 16.6. The molecule has 1 unspecified atom stereocenters. The highest BCUT2D eigenvalue weighted by Crippen LogP contribution is 2.32. The molecule has 8 heteroatoms. The molecule has 1 aliphatic heterocycles. The Morgan fingerprint density at radius 3 is 2.96 bits per heavy atom. The fraction of sp³-hybridized carbons (Fsp3) is 0.267. The molecule has 0 aliphatic carbocycles. The average Bonchev–Trinajstić information content (AvgIpc) is 2.90. The Morgan fingerprint density at radius 2 is 2.22 bits per heavy atom. The van der Waals surface area contributed by atoms with Crippen LogP contribution in [0.1, 0.15) is 18.0 Å². The molecule has 1 amide bonds. The van der Waals surface area contributed by atoms with Gasteiger partial charge in [-0.2, -0.15) is 0 Å². The number of aromatic nitrogens is 2. The molecule has 0 radical (unpaired) electrons. The number of aryl methyl sites for hydroxylation is 1. The number of hydrogen-bond acceptors (Lipinski definition) is 4. The topological polar surface area (TPSA) is 64.0 Å². The largest absolute Gasteiger partial charge is 0.326 e. The number of amides is 1. The third-order valence-corrected chi connectivity index (χ3v) is 5.38. The molecule has 0 saturated carbocycles. The van der Waals surface area contributed by atoms with Crippen LogP contribution in [-0.4, -0.2) is 21.2 Å². The van der Waals surface area contributed by atoms with E-state index in [2.05, 4.69) is 10.3 Å². The van der Waals surface area contributed by atoms with Gasteiger partial charge in [0, 0.05) is 29.6 Å². The van der Waals surface area contributed by atoms with Gasteiger partial charge in [-0.25, -0.2) is 4.98 Å². The van der Waals surface area contributed by atoms with E-state index in [4.69, 9.17) is 23.2 Å². The van der Waals surface area contributed by atoms with Crippen molar-refractivity contribution in [3.8, 4) is 0 Å². The lowest BCUT2D eigenvalue weighted by molar-refractivity contribution is -0.116. The van der Waals surface area contributed by atoms with Crippen LogP contribution in [0, 0.1) is 6.92 Å². The number of anilines is 1. The van der Waals surface area contributed by atoms with Gasteiger partial charge in [-0.1, -0.05) is 35.0 Å². The summed E-state index contributed by atoms with van der Waals surface area (Å²) in [6.45, 7) is 1.72. The van der Waals surface area contributed by atoms with Crippen LogP contribution in [-0.2, 0) is 4.79 Å². The van der Waals surface area contributed by atoms with E-state index in [1.165, 1.54) is 11.8 Å². The molecule has 23 heavy (non-hydrogen) atoms. The predicted molar refractivity (Wildman–Crippen MR) is 92.7 cm³/mol. The number of nitrogens with one attached hydrogen (secondary N) is 1. The number of benzene rings is 1. The van der Waals surface area contributed by atoms with E-state index in [0.29, 0.717) is 32.2 Å². The highest BCUT2D eigenvalue weighted by Gasteiger charge is 2.27. The van der Waals surface area contributed by atoms with Gasteiger partial charge in [0.05, 0.1) is 16.1 Å². The van der Waals surface area contributed by atoms with E-state index in [1.54, 1.807) is 35.9 Å². The Balaban J connectivity index is 1.74. The Bertz CT molecular complexity index is 838. The first-order valence-corrected chi connectivity index (χ1v) is 8.65.